The highest BCUT2D eigenvalue weighted by Gasteiger charge is 2.27. The van der Waals surface area contributed by atoms with E-state index in [1.165, 1.54) is 25.5 Å². The van der Waals surface area contributed by atoms with Crippen molar-refractivity contribution < 1.29 is 22.7 Å². The molecule has 3 rings (SSSR count). The average molecular weight is 496 g/mol. The van der Waals surface area contributed by atoms with Crippen LogP contribution in [0.4, 0.5) is 5.69 Å². The summed E-state index contributed by atoms with van der Waals surface area (Å²) in [6.45, 7) is 5.18. The van der Waals surface area contributed by atoms with E-state index < -0.39 is 22.5 Å². The van der Waals surface area contributed by atoms with Gasteiger partial charge in [0.25, 0.3) is 15.9 Å². The predicted molar refractivity (Wildman–Crippen MR) is 137 cm³/mol. The molecule has 0 fully saturated rings. The van der Waals surface area contributed by atoms with Crippen molar-refractivity contribution >= 4 is 27.8 Å². The number of hydrogen-bond acceptors (Lipinski definition) is 6. The number of aryl methyl sites for hydroxylation is 3. The Morgan fingerprint density at radius 1 is 0.914 bits per heavy atom. The zero-order valence-electron chi connectivity index (χ0n) is 20.4. The second kappa shape index (κ2) is 11.1. The van der Waals surface area contributed by atoms with Gasteiger partial charge in [0.15, 0.2) is 0 Å². The third kappa shape index (κ3) is 6.39. The first-order valence-corrected chi connectivity index (χ1v) is 12.3. The lowest BCUT2D eigenvalue weighted by Gasteiger charge is -2.24. The zero-order chi connectivity index (χ0) is 25.6. The van der Waals surface area contributed by atoms with Crippen molar-refractivity contribution in [3.05, 3.63) is 82.9 Å². The maximum atomic E-state index is 13.5. The lowest BCUT2D eigenvalue weighted by Crippen LogP contribution is -2.39. The van der Waals surface area contributed by atoms with E-state index in [1.807, 2.05) is 26.8 Å². The summed E-state index contributed by atoms with van der Waals surface area (Å²) in [6.07, 6.45) is 1.42. The van der Waals surface area contributed by atoms with Crippen LogP contribution in [0.25, 0.3) is 0 Å². The molecule has 9 heteroatoms. The molecule has 0 aliphatic carbocycles. The number of hydrogen-bond donors (Lipinski definition) is 1. The molecule has 0 unspecified atom stereocenters. The fourth-order valence-corrected chi connectivity index (χ4v) is 4.92. The van der Waals surface area contributed by atoms with Crippen LogP contribution in [0.1, 0.15) is 22.3 Å². The standard InChI is InChI=1S/C26H29N3O5S/c1-18-6-10-24(11-7-18)35(31,32)29(22-13-19(2)12-20(3)14-22)17-26(30)28-27-16-21-8-9-23(33-4)15-25(21)34-5/h6-16H,17H2,1-5H3,(H,28,30)/b27-16-. The van der Waals surface area contributed by atoms with E-state index in [0.717, 1.165) is 21.0 Å². The molecule has 1 amide bonds. The topological polar surface area (TPSA) is 97.3 Å². The molecule has 184 valence electrons. The van der Waals surface area contributed by atoms with Gasteiger partial charge in [-0.25, -0.2) is 13.8 Å². The highest BCUT2D eigenvalue weighted by molar-refractivity contribution is 7.92. The normalized spacial score (nSPS) is 11.3. The molecule has 0 saturated carbocycles. The third-order valence-corrected chi connectivity index (χ3v) is 7.01. The Labute approximate surface area is 206 Å². The van der Waals surface area contributed by atoms with Crippen molar-refractivity contribution in [3.8, 4) is 11.5 Å². The number of nitrogens with zero attached hydrogens (tertiary/aromatic N) is 2. The van der Waals surface area contributed by atoms with E-state index in [4.69, 9.17) is 9.47 Å². The number of nitrogens with one attached hydrogen (secondary N) is 1. The van der Waals surface area contributed by atoms with Gasteiger partial charge in [-0.2, -0.15) is 5.10 Å². The molecule has 0 aliphatic heterocycles. The molecule has 0 atom stereocenters. The predicted octanol–water partition coefficient (Wildman–Crippen LogP) is 3.97. The van der Waals surface area contributed by atoms with Gasteiger partial charge in [-0.1, -0.05) is 23.8 Å². The monoisotopic (exact) mass is 495 g/mol. The molecular weight excluding hydrogens is 466 g/mol. The number of benzene rings is 3. The molecule has 0 aliphatic rings. The number of amides is 1. The number of methoxy groups -OCH3 is 2. The van der Waals surface area contributed by atoms with Gasteiger partial charge in [0, 0.05) is 11.6 Å². The molecule has 1 N–H and O–H groups in total. The summed E-state index contributed by atoms with van der Waals surface area (Å²) < 4.78 is 38.6. The van der Waals surface area contributed by atoms with Crippen LogP contribution >= 0.6 is 0 Å². The third-order valence-electron chi connectivity index (χ3n) is 5.22. The first kappa shape index (κ1) is 25.8. The maximum absolute atomic E-state index is 13.5. The van der Waals surface area contributed by atoms with E-state index in [1.54, 1.807) is 49.6 Å². The highest BCUT2D eigenvalue weighted by Crippen LogP contribution is 2.26. The number of ether oxygens (including phenoxy) is 2. The van der Waals surface area contributed by atoms with E-state index in [9.17, 15) is 13.2 Å². The summed E-state index contributed by atoms with van der Waals surface area (Å²) in [5.41, 5.74) is 6.13. The highest BCUT2D eigenvalue weighted by atomic mass is 32.2. The first-order valence-electron chi connectivity index (χ1n) is 10.9. The van der Waals surface area contributed by atoms with Gasteiger partial charge in [0.2, 0.25) is 0 Å². The van der Waals surface area contributed by atoms with Gasteiger partial charge >= 0.3 is 0 Å². The number of sulfonamides is 1. The minimum Gasteiger partial charge on any atom is -0.497 e. The number of anilines is 1. The van der Waals surface area contributed by atoms with Crippen LogP contribution in [0, 0.1) is 20.8 Å². The Bertz CT molecular complexity index is 1320. The number of rotatable bonds is 9. The Morgan fingerprint density at radius 2 is 1.57 bits per heavy atom. The fourth-order valence-electron chi connectivity index (χ4n) is 3.51. The van der Waals surface area contributed by atoms with Crippen LogP contribution in [0.15, 0.2) is 70.7 Å². The van der Waals surface area contributed by atoms with Gasteiger partial charge in [-0.3, -0.25) is 9.10 Å². The summed E-state index contributed by atoms with van der Waals surface area (Å²) in [5.74, 6) is 0.540. The maximum Gasteiger partial charge on any atom is 0.264 e. The molecular formula is C26H29N3O5S. The van der Waals surface area contributed by atoms with E-state index >= 15 is 0 Å². The summed E-state index contributed by atoms with van der Waals surface area (Å²) in [6, 6.07) is 17.1. The molecule has 0 saturated heterocycles. The summed E-state index contributed by atoms with van der Waals surface area (Å²) in [7, 11) is -0.942. The largest absolute Gasteiger partial charge is 0.497 e. The van der Waals surface area contributed by atoms with Crippen LogP contribution in [-0.2, 0) is 14.8 Å². The Morgan fingerprint density at radius 3 is 2.17 bits per heavy atom. The van der Waals surface area contributed by atoms with Gasteiger partial charge in [0.1, 0.15) is 18.0 Å². The number of carbonyl (C=O) groups excluding carboxylic acids is 1. The van der Waals surface area contributed by atoms with Crippen LogP contribution in [0.2, 0.25) is 0 Å². The molecule has 0 spiro atoms. The van der Waals surface area contributed by atoms with E-state index in [0.29, 0.717) is 22.7 Å². The molecule has 3 aromatic rings. The van der Waals surface area contributed by atoms with Gasteiger partial charge in [-0.05, 0) is 68.3 Å². The summed E-state index contributed by atoms with van der Waals surface area (Å²) in [4.78, 5) is 12.9. The minimum atomic E-state index is -4.01. The van der Waals surface area contributed by atoms with Gasteiger partial charge in [0.05, 0.1) is 31.0 Å². The Hall–Kier alpha value is -3.85. The van der Waals surface area contributed by atoms with E-state index in [2.05, 4.69) is 10.5 Å². The van der Waals surface area contributed by atoms with Crippen molar-refractivity contribution in [2.75, 3.05) is 25.1 Å². The second-order valence-corrected chi connectivity index (χ2v) is 9.93. The number of hydrazone groups is 1. The lowest BCUT2D eigenvalue weighted by atomic mass is 10.1. The van der Waals surface area contributed by atoms with Gasteiger partial charge < -0.3 is 9.47 Å². The number of carbonyl (C=O) groups is 1. The molecule has 0 bridgehead atoms. The van der Waals surface area contributed by atoms with Crippen molar-refractivity contribution in [2.24, 2.45) is 5.10 Å². The van der Waals surface area contributed by atoms with Crippen LogP contribution in [-0.4, -0.2) is 41.3 Å². The molecule has 8 nitrogen and oxygen atoms in total. The fraction of sp³-hybridized carbons (Fsp3) is 0.231. The van der Waals surface area contributed by atoms with Crippen molar-refractivity contribution in [1.29, 1.82) is 0 Å². The van der Waals surface area contributed by atoms with E-state index in [-0.39, 0.29) is 4.90 Å². The molecule has 0 aromatic heterocycles. The summed E-state index contributed by atoms with van der Waals surface area (Å²) in [5, 5.41) is 3.99. The van der Waals surface area contributed by atoms with Crippen molar-refractivity contribution in [3.63, 3.8) is 0 Å². The van der Waals surface area contributed by atoms with Crippen LogP contribution in [0.5, 0.6) is 11.5 Å². The lowest BCUT2D eigenvalue weighted by molar-refractivity contribution is -0.119. The molecule has 0 radical (unpaired) electrons. The molecule has 3 aromatic carbocycles. The first-order chi connectivity index (χ1) is 16.6. The van der Waals surface area contributed by atoms with Crippen molar-refractivity contribution in [1.82, 2.24) is 5.43 Å². The summed E-state index contributed by atoms with van der Waals surface area (Å²) >= 11 is 0. The second-order valence-electron chi connectivity index (χ2n) is 8.07. The quantitative estimate of drug-likeness (QED) is 0.358. The molecule has 35 heavy (non-hydrogen) atoms. The Balaban J connectivity index is 1.87. The van der Waals surface area contributed by atoms with Crippen LogP contribution in [0.3, 0.4) is 0 Å². The SMILES string of the molecule is COc1ccc(/C=N\NC(=O)CN(c2cc(C)cc(C)c2)S(=O)(=O)c2ccc(C)cc2)c(OC)c1. The minimum absolute atomic E-state index is 0.0986. The molecule has 0 heterocycles. The van der Waals surface area contributed by atoms with Crippen molar-refractivity contribution in [2.45, 2.75) is 25.7 Å². The Kier molecular flexibility index (Phi) is 8.14. The van der Waals surface area contributed by atoms with Crippen LogP contribution < -0.4 is 19.2 Å². The van der Waals surface area contributed by atoms with Gasteiger partial charge in [-0.15, -0.1) is 0 Å². The smallest absolute Gasteiger partial charge is 0.264 e. The zero-order valence-corrected chi connectivity index (χ0v) is 21.2. The average Bonchev–Trinajstić information content (AvgIpc) is 2.82.